The maximum Gasteiger partial charge on any atom is 0.414 e. The number of alkyl carbamates (subject to hydrolysis) is 1. The van der Waals surface area contributed by atoms with Crippen molar-refractivity contribution in [2.75, 3.05) is 12.9 Å². The number of carbonyl (C=O) groups is 2. The Balaban J connectivity index is 1.46. The second-order valence-electron chi connectivity index (χ2n) is 6.26. The number of ether oxygens (including phenoxy) is 2. The van der Waals surface area contributed by atoms with Gasteiger partial charge in [-0.15, -0.1) is 0 Å². The molecular formula is C19H19NO7S. The van der Waals surface area contributed by atoms with Crippen molar-refractivity contribution < 1.29 is 31.7 Å². The lowest BCUT2D eigenvalue weighted by Crippen LogP contribution is -2.25. The highest BCUT2D eigenvalue weighted by Gasteiger charge is 2.31. The molecular weight excluding hydrogens is 386 g/mol. The predicted molar refractivity (Wildman–Crippen MR) is 99.7 cm³/mol. The number of hydrogen-bond donors (Lipinski definition) is 1. The molecule has 2 aromatic carbocycles. The van der Waals surface area contributed by atoms with E-state index in [1.165, 1.54) is 0 Å². The number of cyclic esters (lactones) is 1. The van der Waals surface area contributed by atoms with E-state index in [4.69, 9.17) is 13.7 Å². The molecule has 148 valence electrons. The van der Waals surface area contributed by atoms with E-state index in [0.29, 0.717) is 25.2 Å². The molecule has 0 aromatic heterocycles. The van der Waals surface area contributed by atoms with Crippen LogP contribution in [-0.4, -0.2) is 39.4 Å². The lowest BCUT2D eigenvalue weighted by molar-refractivity contribution is -0.123. The predicted octanol–water partition coefficient (Wildman–Crippen LogP) is 1.82. The molecule has 8 nitrogen and oxygen atoms in total. The summed E-state index contributed by atoms with van der Waals surface area (Å²) in [6.45, 7) is 0.439. The highest BCUT2D eigenvalue weighted by atomic mass is 32.2. The minimum absolute atomic E-state index is 0.268. The Hall–Kier alpha value is -3.07. The summed E-state index contributed by atoms with van der Waals surface area (Å²) in [6, 6.07) is 13.9. The second-order valence-corrected chi connectivity index (χ2v) is 7.84. The topological polar surface area (TPSA) is 108 Å². The molecule has 2 amide bonds. The monoisotopic (exact) mass is 405 g/mol. The number of benzene rings is 2. The van der Waals surface area contributed by atoms with Crippen LogP contribution in [0.25, 0.3) is 0 Å². The first-order chi connectivity index (χ1) is 13.3. The van der Waals surface area contributed by atoms with Gasteiger partial charge in [-0.2, -0.15) is 8.42 Å². The normalized spacial score (nSPS) is 16.4. The quantitative estimate of drug-likeness (QED) is 0.668. The van der Waals surface area contributed by atoms with Crippen molar-refractivity contribution in [1.82, 2.24) is 5.32 Å². The molecule has 1 heterocycles. The van der Waals surface area contributed by atoms with Crippen molar-refractivity contribution in [3.63, 3.8) is 0 Å². The van der Waals surface area contributed by atoms with Crippen LogP contribution in [0.5, 0.6) is 11.5 Å². The van der Waals surface area contributed by atoms with E-state index in [0.717, 1.165) is 17.4 Å². The third-order valence-electron chi connectivity index (χ3n) is 3.94. The van der Waals surface area contributed by atoms with Crippen molar-refractivity contribution in [2.24, 2.45) is 0 Å². The van der Waals surface area contributed by atoms with Crippen LogP contribution in [0, 0.1) is 0 Å². The average molecular weight is 405 g/mol. The maximum atomic E-state index is 11.5. The van der Waals surface area contributed by atoms with Gasteiger partial charge >= 0.3 is 16.2 Å². The van der Waals surface area contributed by atoms with E-state index in [-0.39, 0.29) is 5.75 Å². The molecule has 0 spiro atoms. The molecule has 9 heteroatoms. The summed E-state index contributed by atoms with van der Waals surface area (Å²) in [4.78, 5) is 22.5. The van der Waals surface area contributed by atoms with E-state index in [2.05, 4.69) is 5.32 Å². The van der Waals surface area contributed by atoms with E-state index in [1.807, 2.05) is 12.1 Å². The first-order valence-corrected chi connectivity index (χ1v) is 10.3. The van der Waals surface area contributed by atoms with Crippen molar-refractivity contribution in [3.05, 3.63) is 59.7 Å². The molecule has 1 N–H and O–H groups in total. The average Bonchev–Trinajstić information content (AvgIpc) is 2.94. The Labute approximate surface area is 162 Å². The number of amides is 2. The lowest BCUT2D eigenvalue weighted by Gasteiger charge is -2.09. The van der Waals surface area contributed by atoms with Gasteiger partial charge in [0.2, 0.25) is 0 Å². The fourth-order valence-corrected chi connectivity index (χ4v) is 3.10. The number of imide groups is 1. The molecule has 0 saturated carbocycles. The summed E-state index contributed by atoms with van der Waals surface area (Å²) in [7, 11) is -3.53. The Kier molecular flexibility index (Phi) is 5.84. The molecule has 0 aliphatic carbocycles. The van der Waals surface area contributed by atoms with Gasteiger partial charge in [0, 0.05) is 12.8 Å². The number of rotatable bonds is 8. The molecule has 1 fully saturated rings. The van der Waals surface area contributed by atoms with Crippen LogP contribution >= 0.6 is 0 Å². The van der Waals surface area contributed by atoms with Crippen LogP contribution in [0.2, 0.25) is 0 Å². The SMILES string of the molecule is CS(=O)(=O)Oc1ccc(CCOc2ccc(CC3OC(=O)NC3=O)cc2)cc1. The van der Waals surface area contributed by atoms with Crippen LogP contribution in [0.4, 0.5) is 4.79 Å². The third kappa shape index (κ3) is 5.71. The minimum Gasteiger partial charge on any atom is -0.493 e. The van der Waals surface area contributed by atoms with E-state index in [9.17, 15) is 18.0 Å². The highest BCUT2D eigenvalue weighted by molar-refractivity contribution is 7.86. The zero-order valence-corrected chi connectivity index (χ0v) is 15.9. The van der Waals surface area contributed by atoms with Crippen molar-refractivity contribution >= 4 is 22.1 Å². The van der Waals surface area contributed by atoms with Crippen molar-refractivity contribution in [3.8, 4) is 11.5 Å². The Morgan fingerprint density at radius 3 is 2.14 bits per heavy atom. The maximum absolute atomic E-state index is 11.5. The van der Waals surface area contributed by atoms with Crippen LogP contribution in [0.1, 0.15) is 11.1 Å². The van der Waals surface area contributed by atoms with Crippen LogP contribution in [0.3, 0.4) is 0 Å². The zero-order chi connectivity index (χ0) is 20.1. The molecule has 1 atom stereocenters. The highest BCUT2D eigenvalue weighted by Crippen LogP contribution is 2.17. The molecule has 2 aromatic rings. The fourth-order valence-electron chi connectivity index (χ4n) is 2.64. The third-order valence-corrected chi connectivity index (χ3v) is 4.44. The number of carbonyl (C=O) groups excluding carboxylic acids is 2. The standard InChI is InChI=1S/C19H19NO7S/c1-28(23,24)27-16-8-2-13(3-9-16)10-11-25-15-6-4-14(5-7-15)12-17-18(21)20-19(22)26-17/h2-9,17H,10-12H2,1H3,(H,20,21,22). The Bertz CT molecular complexity index is 953. The van der Waals surface area contributed by atoms with Gasteiger partial charge in [0.15, 0.2) is 6.10 Å². The van der Waals surface area contributed by atoms with E-state index < -0.39 is 28.2 Å². The number of hydrogen-bond acceptors (Lipinski definition) is 7. The first kappa shape index (κ1) is 19.7. The minimum atomic E-state index is -3.53. The molecule has 28 heavy (non-hydrogen) atoms. The van der Waals surface area contributed by atoms with Gasteiger partial charge in [0.1, 0.15) is 11.5 Å². The fraction of sp³-hybridized carbons (Fsp3) is 0.263. The molecule has 3 rings (SSSR count). The van der Waals surface area contributed by atoms with Crippen LogP contribution in [0.15, 0.2) is 48.5 Å². The van der Waals surface area contributed by atoms with Crippen LogP contribution < -0.4 is 14.2 Å². The van der Waals surface area contributed by atoms with Gasteiger partial charge in [-0.05, 0) is 35.4 Å². The molecule has 1 aliphatic heterocycles. The van der Waals surface area contributed by atoms with Crippen molar-refractivity contribution in [2.45, 2.75) is 18.9 Å². The Morgan fingerprint density at radius 1 is 0.964 bits per heavy atom. The summed E-state index contributed by atoms with van der Waals surface area (Å²) < 4.78 is 37.5. The smallest absolute Gasteiger partial charge is 0.414 e. The summed E-state index contributed by atoms with van der Waals surface area (Å²) in [5, 5.41) is 2.09. The molecule has 1 aliphatic rings. The largest absolute Gasteiger partial charge is 0.493 e. The van der Waals surface area contributed by atoms with Gasteiger partial charge in [-0.25, -0.2) is 4.79 Å². The molecule has 1 unspecified atom stereocenters. The van der Waals surface area contributed by atoms with Crippen molar-refractivity contribution in [1.29, 1.82) is 0 Å². The summed E-state index contributed by atoms with van der Waals surface area (Å²) in [5.41, 5.74) is 1.83. The van der Waals surface area contributed by atoms with Gasteiger partial charge in [-0.3, -0.25) is 10.1 Å². The summed E-state index contributed by atoms with van der Waals surface area (Å²) in [5.74, 6) is 0.510. The second kappa shape index (κ2) is 8.30. The van der Waals surface area contributed by atoms with Gasteiger partial charge < -0.3 is 13.7 Å². The van der Waals surface area contributed by atoms with Gasteiger partial charge in [0.05, 0.1) is 12.9 Å². The summed E-state index contributed by atoms with van der Waals surface area (Å²) in [6.07, 6.45) is 0.424. The van der Waals surface area contributed by atoms with Crippen LogP contribution in [-0.2, 0) is 32.5 Å². The zero-order valence-electron chi connectivity index (χ0n) is 15.1. The van der Waals surface area contributed by atoms with Gasteiger partial charge in [0.25, 0.3) is 5.91 Å². The number of nitrogens with one attached hydrogen (secondary N) is 1. The first-order valence-electron chi connectivity index (χ1n) is 8.50. The van der Waals surface area contributed by atoms with Gasteiger partial charge in [-0.1, -0.05) is 24.3 Å². The van der Waals surface area contributed by atoms with E-state index >= 15 is 0 Å². The molecule has 1 saturated heterocycles. The summed E-state index contributed by atoms with van der Waals surface area (Å²) >= 11 is 0. The van der Waals surface area contributed by atoms with E-state index in [1.54, 1.807) is 36.4 Å². The lowest BCUT2D eigenvalue weighted by atomic mass is 10.1. The molecule has 0 radical (unpaired) electrons. The Morgan fingerprint density at radius 2 is 1.57 bits per heavy atom. The molecule has 0 bridgehead atoms.